The molecule has 0 heterocycles. The number of aliphatic hydroxyl groups excluding tert-OH is 3. The molecule has 0 fully saturated rings. The summed E-state index contributed by atoms with van der Waals surface area (Å²) in [7, 11) is 1.49. The van der Waals surface area contributed by atoms with Crippen LogP contribution < -0.4 is 15.8 Å². The summed E-state index contributed by atoms with van der Waals surface area (Å²) in [6, 6.07) is 5.08. The molecule has 0 saturated carbocycles. The van der Waals surface area contributed by atoms with Crippen molar-refractivity contribution in [2.24, 2.45) is 0 Å². The average molecular weight is 242 g/mol. The van der Waals surface area contributed by atoms with Gasteiger partial charge in [0.2, 0.25) is 0 Å². The first-order chi connectivity index (χ1) is 8.12. The molecule has 6 N–H and O–H groups in total. The lowest BCUT2D eigenvalue weighted by Gasteiger charge is -2.30. The molecule has 6 nitrogen and oxygen atoms in total. The largest absolute Gasteiger partial charge is 0.495 e. The molecule has 1 rings (SSSR count). The molecular formula is C11H18N2O4. The van der Waals surface area contributed by atoms with Crippen molar-refractivity contribution < 1.29 is 20.1 Å². The fraction of sp³-hybridized carbons (Fsp3) is 0.455. The maximum absolute atomic E-state index is 9.20. The van der Waals surface area contributed by atoms with Crippen LogP contribution in [0.25, 0.3) is 0 Å². The van der Waals surface area contributed by atoms with E-state index in [4.69, 9.17) is 10.5 Å². The van der Waals surface area contributed by atoms with Crippen LogP contribution in [0.3, 0.4) is 0 Å². The highest BCUT2D eigenvalue weighted by molar-refractivity contribution is 5.73. The normalized spacial score (nSPS) is 11.3. The molecule has 0 saturated heterocycles. The summed E-state index contributed by atoms with van der Waals surface area (Å²) in [6.45, 7) is -1.26. The summed E-state index contributed by atoms with van der Waals surface area (Å²) in [5.41, 5.74) is 5.47. The smallest absolute Gasteiger partial charge is 0.143 e. The molecule has 0 atom stereocenters. The lowest BCUT2D eigenvalue weighted by atomic mass is 10.0. The van der Waals surface area contributed by atoms with E-state index in [-0.39, 0.29) is 0 Å². The predicted octanol–water partition coefficient (Wildman–Crippen LogP) is -0.595. The van der Waals surface area contributed by atoms with Gasteiger partial charge in [0.15, 0.2) is 0 Å². The van der Waals surface area contributed by atoms with Crippen LogP contribution in [0.1, 0.15) is 0 Å². The van der Waals surface area contributed by atoms with Crippen LogP contribution in [0, 0.1) is 0 Å². The minimum Gasteiger partial charge on any atom is -0.495 e. The molecule has 1 aromatic rings. The maximum Gasteiger partial charge on any atom is 0.143 e. The van der Waals surface area contributed by atoms with E-state index in [1.165, 1.54) is 7.11 Å². The van der Waals surface area contributed by atoms with Gasteiger partial charge >= 0.3 is 0 Å². The zero-order chi connectivity index (χ0) is 12.9. The summed E-state index contributed by atoms with van der Waals surface area (Å²) in [6.07, 6.45) is 0. The minimum atomic E-state index is -1.21. The molecule has 96 valence electrons. The van der Waals surface area contributed by atoms with Gasteiger partial charge in [-0.2, -0.15) is 0 Å². The molecule has 0 aliphatic rings. The quantitative estimate of drug-likeness (QED) is 0.427. The third-order valence-electron chi connectivity index (χ3n) is 2.59. The first kappa shape index (κ1) is 13.6. The first-order valence-corrected chi connectivity index (χ1v) is 5.15. The van der Waals surface area contributed by atoms with Crippen LogP contribution in [-0.2, 0) is 0 Å². The third-order valence-corrected chi connectivity index (χ3v) is 2.59. The van der Waals surface area contributed by atoms with Gasteiger partial charge in [0.05, 0.1) is 38.3 Å². The van der Waals surface area contributed by atoms with Gasteiger partial charge in [-0.1, -0.05) is 6.07 Å². The highest BCUT2D eigenvalue weighted by Crippen LogP contribution is 2.30. The Kier molecular flexibility index (Phi) is 4.56. The monoisotopic (exact) mass is 242 g/mol. The van der Waals surface area contributed by atoms with Crippen LogP contribution in [0.5, 0.6) is 5.75 Å². The van der Waals surface area contributed by atoms with Crippen molar-refractivity contribution in [1.82, 2.24) is 0 Å². The summed E-state index contributed by atoms with van der Waals surface area (Å²) < 4.78 is 5.05. The molecule has 0 aliphatic heterocycles. The highest BCUT2D eigenvalue weighted by Gasteiger charge is 2.28. The number of methoxy groups -OCH3 is 1. The lowest BCUT2D eigenvalue weighted by molar-refractivity contribution is 0.0834. The highest BCUT2D eigenvalue weighted by atomic mass is 16.5. The molecule has 0 spiro atoms. The van der Waals surface area contributed by atoms with Crippen molar-refractivity contribution >= 4 is 11.4 Å². The van der Waals surface area contributed by atoms with Crippen molar-refractivity contribution in [3.05, 3.63) is 18.2 Å². The SMILES string of the molecule is COc1cccc(NC(CO)(CO)CO)c1N. The van der Waals surface area contributed by atoms with Crippen molar-refractivity contribution in [3.63, 3.8) is 0 Å². The number of nitrogens with one attached hydrogen (secondary N) is 1. The van der Waals surface area contributed by atoms with E-state index < -0.39 is 25.4 Å². The zero-order valence-electron chi connectivity index (χ0n) is 9.68. The predicted molar refractivity (Wildman–Crippen MR) is 65.0 cm³/mol. The van der Waals surface area contributed by atoms with Crippen molar-refractivity contribution in [1.29, 1.82) is 0 Å². The second-order valence-electron chi connectivity index (χ2n) is 3.80. The second kappa shape index (κ2) is 5.72. The number of hydrogen-bond donors (Lipinski definition) is 5. The second-order valence-corrected chi connectivity index (χ2v) is 3.80. The summed E-state index contributed by atoms with van der Waals surface area (Å²) in [5, 5.41) is 30.4. The van der Waals surface area contributed by atoms with E-state index >= 15 is 0 Å². The molecule has 0 amide bonds. The van der Waals surface area contributed by atoms with Crippen molar-refractivity contribution in [2.45, 2.75) is 5.54 Å². The van der Waals surface area contributed by atoms with Crippen LogP contribution in [0.4, 0.5) is 11.4 Å². The molecule has 0 radical (unpaired) electrons. The van der Waals surface area contributed by atoms with Gasteiger partial charge in [-0.15, -0.1) is 0 Å². The van der Waals surface area contributed by atoms with E-state index in [9.17, 15) is 15.3 Å². The Morgan fingerprint density at radius 3 is 2.29 bits per heavy atom. The molecule has 1 aromatic carbocycles. The average Bonchev–Trinajstić information content (AvgIpc) is 2.38. The Morgan fingerprint density at radius 2 is 1.82 bits per heavy atom. The van der Waals surface area contributed by atoms with Crippen LogP contribution >= 0.6 is 0 Å². The number of para-hydroxylation sites is 1. The number of aliphatic hydroxyl groups is 3. The van der Waals surface area contributed by atoms with Gasteiger partial charge < -0.3 is 31.1 Å². The molecule has 6 heteroatoms. The Balaban J connectivity index is 3.01. The zero-order valence-corrected chi connectivity index (χ0v) is 9.68. The van der Waals surface area contributed by atoms with Gasteiger partial charge in [-0.05, 0) is 12.1 Å². The molecule has 0 unspecified atom stereocenters. The van der Waals surface area contributed by atoms with E-state index in [2.05, 4.69) is 5.32 Å². The van der Waals surface area contributed by atoms with E-state index in [1.54, 1.807) is 18.2 Å². The Bertz CT molecular complexity index is 358. The molecule has 0 aromatic heterocycles. The molecule has 17 heavy (non-hydrogen) atoms. The van der Waals surface area contributed by atoms with Gasteiger partial charge in [-0.25, -0.2) is 0 Å². The van der Waals surface area contributed by atoms with E-state index in [0.717, 1.165) is 0 Å². The first-order valence-electron chi connectivity index (χ1n) is 5.15. The number of anilines is 2. The minimum absolute atomic E-state index is 0.356. The van der Waals surface area contributed by atoms with Crippen molar-refractivity contribution in [2.75, 3.05) is 38.0 Å². The summed E-state index contributed by atoms with van der Waals surface area (Å²) in [5.74, 6) is 0.484. The maximum atomic E-state index is 9.20. The Hall–Kier alpha value is -1.50. The number of rotatable bonds is 6. The number of ether oxygens (including phenoxy) is 1. The van der Waals surface area contributed by atoms with Gasteiger partial charge in [-0.3, -0.25) is 0 Å². The van der Waals surface area contributed by atoms with Crippen LogP contribution in [-0.4, -0.2) is 47.8 Å². The number of nitrogens with two attached hydrogens (primary N) is 1. The number of nitrogen functional groups attached to an aromatic ring is 1. The van der Waals surface area contributed by atoms with Gasteiger partial charge in [0, 0.05) is 0 Å². The topological polar surface area (TPSA) is 108 Å². The Morgan fingerprint density at radius 1 is 1.24 bits per heavy atom. The molecular weight excluding hydrogens is 224 g/mol. The number of benzene rings is 1. The molecule has 0 bridgehead atoms. The third kappa shape index (κ3) is 2.79. The van der Waals surface area contributed by atoms with E-state index in [0.29, 0.717) is 17.1 Å². The fourth-order valence-electron chi connectivity index (χ4n) is 1.39. The summed E-state index contributed by atoms with van der Waals surface area (Å²) in [4.78, 5) is 0. The number of hydrogen-bond acceptors (Lipinski definition) is 6. The van der Waals surface area contributed by atoms with Crippen LogP contribution in [0.15, 0.2) is 18.2 Å². The van der Waals surface area contributed by atoms with Gasteiger partial charge in [0.1, 0.15) is 11.3 Å². The fourth-order valence-corrected chi connectivity index (χ4v) is 1.39. The van der Waals surface area contributed by atoms with Gasteiger partial charge in [0.25, 0.3) is 0 Å². The standard InChI is InChI=1S/C11H18N2O4/c1-17-9-4-2-3-8(10(9)12)13-11(5-14,6-15)7-16/h2-4,13-16H,5-7,12H2,1H3. The van der Waals surface area contributed by atoms with Crippen molar-refractivity contribution in [3.8, 4) is 5.75 Å². The lowest BCUT2D eigenvalue weighted by Crippen LogP contribution is -2.49. The molecule has 0 aliphatic carbocycles. The van der Waals surface area contributed by atoms with Crippen LogP contribution in [0.2, 0.25) is 0 Å². The summed E-state index contributed by atoms with van der Waals surface area (Å²) >= 11 is 0. The Labute approximate surface area is 99.6 Å². The van der Waals surface area contributed by atoms with E-state index in [1.807, 2.05) is 0 Å².